The fourth-order valence-corrected chi connectivity index (χ4v) is 1.89. The number of nitrogens with zero attached hydrogens (tertiary/aromatic N) is 2. The van der Waals surface area contributed by atoms with Crippen molar-refractivity contribution in [3.8, 4) is 5.75 Å². The maximum atomic E-state index is 12.0. The minimum absolute atomic E-state index is 0.0574. The van der Waals surface area contributed by atoms with Crippen LogP contribution in [0.25, 0.3) is 11.0 Å². The zero-order valence-corrected chi connectivity index (χ0v) is 10.4. The first kappa shape index (κ1) is 12.1. The van der Waals surface area contributed by atoms with Crippen molar-refractivity contribution in [2.75, 3.05) is 5.32 Å². The molecule has 0 aliphatic carbocycles. The molecule has 5 nitrogen and oxygen atoms in total. The number of rotatable bonds is 2. The van der Waals surface area contributed by atoms with Crippen LogP contribution in [0.5, 0.6) is 5.75 Å². The third kappa shape index (κ3) is 2.42. The summed E-state index contributed by atoms with van der Waals surface area (Å²) in [6.07, 6.45) is 3.22. The van der Waals surface area contributed by atoms with E-state index in [-0.39, 0.29) is 11.7 Å². The van der Waals surface area contributed by atoms with Crippen molar-refractivity contribution in [2.24, 2.45) is 0 Å². The number of carbonyl (C=O) groups is 1. The minimum atomic E-state index is -0.288. The van der Waals surface area contributed by atoms with Crippen molar-refractivity contribution >= 4 is 22.6 Å². The van der Waals surface area contributed by atoms with Gasteiger partial charge >= 0.3 is 0 Å². The molecule has 1 aromatic heterocycles. The summed E-state index contributed by atoms with van der Waals surface area (Å²) in [5.41, 5.74) is 2.50. The maximum absolute atomic E-state index is 12.0. The minimum Gasteiger partial charge on any atom is -0.508 e. The zero-order valence-electron chi connectivity index (χ0n) is 10.4. The third-order valence-electron chi connectivity index (χ3n) is 2.84. The normalized spacial score (nSPS) is 10.4. The molecule has 0 spiro atoms. The molecule has 0 fully saturated rings. The lowest BCUT2D eigenvalue weighted by Crippen LogP contribution is -2.11. The Morgan fingerprint density at radius 2 is 1.80 bits per heavy atom. The number of anilines is 1. The zero-order chi connectivity index (χ0) is 13.9. The Kier molecular flexibility index (Phi) is 3.01. The summed E-state index contributed by atoms with van der Waals surface area (Å²) in [6, 6.07) is 11.5. The highest BCUT2D eigenvalue weighted by atomic mass is 16.3. The predicted molar refractivity (Wildman–Crippen MR) is 75.6 cm³/mol. The molecular weight excluding hydrogens is 254 g/mol. The number of phenols is 1. The largest absolute Gasteiger partial charge is 0.508 e. The highest BCUT2D eigenvalue weighted by Gasteiger charge is 2.07. The summed E-state index contributed by atoms with van der Waals surface area (Å²) in [6.45, 7) is 0. The smallest absolute Gasteiger partial charge is 0.255 e. The number of hydrogen-bond acceptors (Lipinski definition) is 4. The van der Waals surface area contributed by atoms with Gasteiger partial charge in [0, 0.05) is 23.6 Å². The van der Waals surface area contributed by atoms with E-state index in [0.717, 1.165) is 5.52 Å². The number of benzene rings is 2. The monoisotopic (exact) mass is 265 g/mol. The van der Waals surface area contributed by atoms with Crippen LogP contribution < -0.4 is 5.32 Å². The summed E-state index contributed by atoms with van der Waals surface area (Å²) >= 11 is 0. The van der Waals surface area contributed by atoms with Crippen LogP contribution in [-0.2, 0) is 0 Å². The molecule has 0 saturated heterocycles. The van der Waals surface area contributed by atoms with Gasteiger partial charge in [0.15, 0.2) is 0 Å². The summed E-state index contributed by atoms with van der Waals surface area (Å²) in [5.74, 6) is -0.230. The van der Waals surface area contributed by atoms with E-state index in [9.17, 15) is 9.90 Å². The Morgan fingerprint density at radius 3 is 2.60 bits per heavy atom. The van der Waals surface area contributed by atoms with Gasteiger partial charge in [0.25, 0.3) is 5.91 Å². The van der Waals surface area contributed by atoms with Crippen molar-refractivity contribution < 1.29 is 9.90 Å². The summed E-state index contributed by atoms with van der Waals surface area (Å²) < 4.78 is 0. The van der Waals surface area contributed by atoms with Crippen LogP contribution in [0, 0.1) is 0 Å². The van der Waals surface area contributed by atoms with Crippen LogP contribution in [0.4, 0.5) is 5.69 Å². The van der Waals surface area contributed by atoms with Crippen molar-refractivity contribution in [1.82, 2.24) is 9.97 Å². The van der Waals surface area contributed by atoms with Gasteiger partial charge in [-0.1, -0.05) is 6.07 Å². The highest BCUT2D eigenvalue weighted by molar-refractivity contribution is 6.05. The van der Waals surface area contributed by atoms with Gasteiger partial charge in [-0.25, -0.2) is 0 Å². The van der Waals surface area contributed by atoms with E-state index in [1.165, 1.54) is 12.1 Å². The maximum Gasteiger partial charge on any atom is 0.255 e. The number of amides is 1. The van der Waals surface area contributed by atoms with Gasteiger partial charge < -0.3 is 10.4 Å². The van der Waals surface area contributed by atoms with Crippen LogP contribution >= 0.6 is 0 Å². The lowest BCUT2D eigenvalue weighted by molar-refractivity contribution is 0.102. The molecule has 2 N–H and O–H groups in total. The topological polar surface area (TPSA) is 75.1 Å². The Hall–Kier alpha value is -2.95. The van der Waals surface area contributed by atoms with Crippen molar-refractivity contribution in [1.29, 1.82) is 0 Å². The molecule has 1 heterocycles. The standard InChI is InChI=1S/C15H11N3O2/c19-12-3-1-2-10(8-12)15(20)18-11-4-5-13-14(9-11)17-7-6-16-13/h1-9,19H,(H,18,20). The Bertz CT molecular complexity index is 787. The fraction of sp³-hybridized carbons (Fsp3) is 0. The Labute approximate surface area is 114 Å². The first-order valence-electron chi connectivity index (χ1n) is 6.03. The lowest BCUT2D eigenvalue weighted by atomic mass is 10.2. The number of nitrogens with one attached hydrogen (secondary N) is 1. The molecule has 0 bridgehead atoms. The number of aromatic nitrogens is 2. The summed E-state index contributed by atoms with van der Waals surface area (Å²) in [7, 11) is 0. The average Bonchev–Trinajstić information content (AvgIpc) is 2.47. The molecule has 5 heteroatoms. The molecule has 0 atom stereocenters. The van der Waals surface area contributed by atoms with Crippen molar-refractivity contribution in [3.63, 3.8) is 0 Å². The lowest BCUT2D eigenvalue weighted by Gasteiger charge is -2.06. The molecule has 0 saturated carbocycles. The second-order valence-corrected chi connectivity index (χ2v) is 4.26. The number of aromatic hydroxyl groups is 1. The van der Waals surface area contributed by atoms with Crippen LogP contribution in [0.3, 0.4) is 0 Å². The summed E-state index contributed by atoms with van der Waals surface area (Å²) in [5, 5.41) is 12.1. The number of phenolic OH excluding ortho intramolecular Hbond substituents is 1. The molecule has 0 aliphatic rings. The van der Waals surface area contributed by atoms with Gasteiger partial charge in [0.1, 0.15) is 5.75 Å². The van der Waals surface area contributed by atoms with E-state index in [2.05, 4.69) is 15.3 Å². The van der Waals surface area contributed by atoms with Gasteiger partial charge in [-0.3, -0.25) is 14.8 Å². The van der Waals surface area contributed by atoms with Crippen molar-refractivity contribution in [2.45, 2.75) is 0 Å². The van der Waals surface area contributed by atoms with E-state index in [4.69, 9.17) is 0 Å². The predicted octanol–water partition coefficient (Wildman–Crippen LogP) is 2.59. The average molecular weight is 265 g/mol. The third-order valence-corrected chi connectivity index (χ3v) is 2.84. The second kappa shape index (κ2) is 4.97. The van der Waals surface area contributed by atoms with Gasteiger partial charge in [0.05, 0.1) is 11.0 Å². The van der Waals surface area contributed by atoms with E-state index >= 15 is 0 Å². The summed E-state index contributed by atoms with van der Waals surface area (Å²) in [4.78, 5) is 20.4. The molecule has 1 amide bonds. The number of carbonyl (C=O) groups excluding carboxylic acids is 1. The van der Waals surface area contributed by atoms with Crippen LogP contribution in [0.15, 0.2) is 54.9 Å². The highest BCUT2D eigenvalue weighted by Crippen LogP contribution is 2.17. The second-order valence-electron chi connectivity index (χ2n) is 4.26. The van der Waals surface area contributed by atoms with E-state index in [1.54, 1.807) is 42.7 Å². The van der Waals surface area contributed by atoms with E-state index in [1.807, 2.05) is 0 Å². The SMILES string of the molecule is O=C(Nc1ccc2nccnc2c1)c1cccc(O)c1. The molecular formula is C15H11N3O2. The van der Waals surface area contributed by atoms with Gasteiger partial charge in [0.2, 0.25) is 0 Å². The first-order chi connectivity index (χ1) is 9.72. The molecule has 20 heavy (non-hydrogen) atoms. The Morgan fingerprint density at radius 1 is 1.00 bits per heavy atom. The molecule has 0 radical (unpaired) electrons. The van der Waals surface area contributed by atoms with E-state index in [0.29, 0.717) is 16.8 Å². The van der Waals surface area contributed by atoms with Gasteiger partial charge in [-0.15, -0.1) is 0 Å². The molecule has 0 aliphatic heterocycles. The van der Waals surface area contributed by atoms with Crippen LogP contribution in [0.2, 0.25) is 0 Å². The van der Waals surface area contributed by atoms with Crippen LogP contribution in [-0.4, -0.2) is 21.0 Å². The molecule has 0 unspecified atom stereocenters. The molecule has 3 rings (SSSR count). The van der Waals surface area contributed by atoms with Gasteiger partial charge in [-0.05, 0) is 36.4 Å². The molecule has 2 aromatic carbocycles. The van der Waals surface area contributed by atoms with Crippen LogP contribution in [0.1, 0.15) is 10.4 Å². The van der Waals surface area contributed by atoms with E-state index < -0.39 is 0 Å². The molecule has 98 valence electrons. The van der Waals surface area contributed by atoms with Crippen molar-refractivity contribution in [3.05, 3.63) is 60.4 Å². The number of fused-ring (bicyclic) bond motifs is 1. The van der Waals surface area contributed by atoms with Gasteiger partial charge in [-0.2, -0.15) is 0 Å². The quantitative estimate of drug-likeness (QED) is 0.746. The number of hydrogen-bond donors (Lipinski definition) is 2. The Balaban J connectivity index is 1.87. The fourth-order valence-electron chi connectivity index (χ4n) is 1.89. The first-order valence-corrected chi connectivity index (χ1v) is 6.03. The molecule has 3 aromatic rings.